The molecule has 1 amide bonds. The van der Waals surface area contributed by atoms with Gasteiger partial charge < -0.3 is 19.4 Å². The molecule has 1 aromatic heterocycles. The van der Waals surface area contributed by atoms with Crippen molar-refractivity contribution >= 4 is 28.5 Å². The quantitative estimate of drug-likeness (QED) is 0.313. The fourth-order valence-corrected chi connectivity index (χ4v) is 4.11. The zero-order chi connectivity index (χ0) is 24.1. The summed E-state index contributed by atoms with van der Waals surface area (Å²) in [6.45, 7) is 5.53. The number of halogens is 1. The number of amides is 1. The summed E-state index contributed by atoms with van der Waals surface area (Å²) in [5, 5.41) is 3.75. The minimum absolute atomic E-state index is 0.201. The number of aryl methyl sites for hydroxylation is 3. The van der Waals surface area contributed by atoms with E-state index in [0.29, 0.717) is 31.0 Å². The van der Waals surface area contributed by atoms with Crippen molar-refractivity contribution in [1.29, 1.82) is 0 Å². The maximum Gasteiger partial charge on any atom is 0.255 e. The Morgan fingerprint density at radius 1 is 1.06 bits per heavy atom. The van der Waals surface area contributed by atoms with Crippen LogP contribution in [-0.2, 0) is 13.1 Å². The maximum atomic E-state index is 12.8. The molecule has 1 heterocycles. The monoisotopic (exact) mass is 477 g/mol. The topological polar surface area (TPSA) is 65.4 Å². The predicted molar refractivity (Wildman–Crippen MR) is 135 cm³/mol. The van der Waals surface area contributed by atoms with Crippen molar-refractivity contribution in [3.8, 4) is 11.5 Å². The van der Waals surface area contributed by atoms with Crippen LogP contribution in [0.3, 0.4) is 0 Å². The number of carbonyl (C=O) groups excluding carboxylic acids is 1. The van der Waals surface area contributed by atoms with Crippen LogP contribution in [0.1, 0.15) is 33.7 Å². The molecule has 0 bridgehead atoms. The molecule has 0 spiro atoms. The summed E-state index contributed by atoms with van der Waals surface area (Å²) in [6.07, 6.45) is 0.786. The largest absolute Gasteiger partial charge is 0.496 e. The van der Waals surface area contributed by atoms with Gasteiger partial charge in [0.1, 0.15) is 17.3 Å². The number of imidazole rings is 1. The molecular weight excluding hydrogens is 450 g/mol. The molecule has 4 aromatic rings. The van der Waals surface area contributed by atoms with E-state index in [1.807, 2.05) is 62.4 Å². The second kappa shape index (κ2) is 10.6. The van der Waals surface area contributed by atoms with Gasteiger partial charge in [0.2, 0.25) is 0 Å². The molecule has 6 nitrogen and oxygen atoms in total. The molecule has 0 saturated carbocycles. The molecule has 0 aliphatic carbocycles. The Labute approximate surface area is 204 Å². The van der Waals surface area contributed by atoms with Crippen LogP contribution in [0.5, 0.6) is 11.5 Å². The van der Waals surface area contributed by atoms with E-state index >= 15 is 0 Å². The van der Waals surface area contributed by atoms with Gasteiger partial charge >= 0.3 is 0 Å². The standard InChI is InChI=1S/C27H28ClN3O3/c1-18-15-20(16-19(2)26(18)28)34-14-8-13-31-23-11-6-5-10-22(23)30-25(31)17-29-27(32)21-9-4-7-12-24(21)33-3/h4-7,9-12,15-16H,8,13-14,17H2,1-3H3,(H,29,32). The Kier molecular flexibility index (Phi) is 7.38. The van der Waals surface area contributed by atoms with Crippen LogP contribution in [0, 0.1) is 13.8 Å². The minimum Gasteiger partial charge on any atom is -0.496 e. The van der Waals surface area contributed by atoms with Crippen LogP contribution in [0.4, 0.5) is 0 Å². The highest BCUT2D eigenvalue weighted by Crippen LogP contribution is 2.26. The third-order valence-corrected chi connectivity index (χ3v) is 6.29. The molecule has 0 aliphatic rings. The van der Waals surface area contributed by atoms with Crippen LogP contribution >= 0.6 is 11.6 Å². The number of carbonyl (C=O) groups is 1. The smallest absolute Gasteiger partial charge is 0.255 e. The summed E-state index contributed by atoms with van der Waals surface area (Å²) in [6, 6.07) is 19.1. The van der Waals surface area contributed by atoms with Gasteiger partial charge in [-0.25, -0.2) is 4.98 Å². The van der Waals surface area contributed by atoms with E-state index in [9.17, 15) is 4.79 Å². The number of rotatable bonds is 9. The second-order valence-corrected chi connectivity index (χ2v) is 8.50. The molecule has 0 fully saturated rings. The van der Waals surface area contributed by atoms with Gasteiger partial charge in [-0.2, -0.15) is 0 Å². The lowest BCUT2D eigenvalue weighted by atomic mass is 10.1. The number of hydrogen-bond acceptors (Lipinski definition) is 4. The lowest BCUT2D eigenvalue weighted by Gasteiger charge is -2.13. The first-order valence-electron chi connectivity index (χ1n) is 11.2. The fraction of sp³-hybridized carbons (Fsp3) is 0.259. The molecule has 0 aliphatic heterocycles. The molecule has 0 atom stereocenters. The number of aromatic nitrogens is 2. The van der Waals surface area contributed by atoms with Crippen molar-refractivity contribution in [2.24, 2.45) is 0 Å². The number of nitrogens with zero attached hydrogens (tertiary/aromatic N) is 2. The summed E-state index contributed by atoms with van der Waals surface area (Å²) in [5.74, 6) is 1.95. The second-order valence-electron chi connectivity index (χ2n) is 8.12. The van der Waals surface area contributed by atoms with Gasteiger partial charge in [-0.05, 0) is 67.8 Å². The van der Waals surface area contributed by atoms with Crippen molar-refractivity contribution in [3.63, 3.8) is 0 Å². The molecule has 4 rings (SSSR count). The molecule has 0 saturated heterocycles. The number of benzene rings is 3. The molecule has 34 heavy (non-hydrogen) atoms. The Hall–Kier alpha value is -3.51. The summed E-state index contributed by atoms with van der Waals surface area (Å²) < 4.78 is 13.4. The average Bonchev–Trinajstić information content (AvgIpc) is 3.21. The van der Waals surface area contributed by atoms with Crippen molar-refractivity contribution in [2.45, 2.75) is 33.4 Å². The third kappa shape index (κ3) is 5.18. The van der Waals surface area contributed by atoms with Gasteiger partial charge in [0.25, 0.3) is 5.91 Å². The van der Waals surface area contributed by atoms with Crippen LogP contribution in [0.2, 0.25) is 5.02 Å². The lowest BCUT2D eigenvalue weighted by Crippen LogP contribution is -2.25. The Bertz CT molecular complexity index is 1290. The summed E-state index contributed by atoms with van der Waals surface area (Å²) in [7, 11) is 1.56. The third-order valence-electron chi connectivity index (χ3n) is 5.70. The summed E-state index contributed by atoms with van der Waals surface area (Å²) in [5.41, 5.74) is 4.43. The van der Waals surface area contributed by atoms with Crippen LogP contribution in [0.15, 0.2) is 60.7 Å². The zero-order valence-electron chi connectivity index (χ0n) is 19.6. The van der Waals surface area contributed by atoms with Gasteiger partial charge in [0.15, 0.2) is 0 Å². The van der Waals surface area contributed by atoms with E-state index < -0.39 is 0 Å². The molecule has 3 aromatic carbocycles. The number of hydrogen-bond donors (Lipinski definition) is 1. The molecule has 0 radical (unpaired) electrons. The Balaban J connectivity index is 1.44. The van der Waals surface area contributed by atoms with E-state index in [2.05, 4.69) is 9.88 Å². The molecule has 1 N–H and O–H groups in total. The highest BCUT2D eigenvalue weighted by Gasteiger charge is 2.15. The summed E-state index contributed by atoms with van der Waals surface area (Å²) in [4.78, 5) is 17.5. The zero-order valence-corrected chi connectivity index (χ0v) is 20.4. The Morgan fingerprint density at radius 3 is 2.53 bits per heavy atom. The van der Waals surface area contributed by atoms with E-state index in [-0.39, 0.29) is 5.91 Å². The van der Waals surface area contributed by atoms with Gasteiger partial charge in [-0.15, -0.1) is 0 Å². The maximum absolute atomic E-state index is 12.8. The molecule has 7 heteroatoms. The van der Waals surface area contributed by atoms with Crippen LogP contribution in [0.25, 0.3) is 11.0 Å². The van der Waals surface area contributed by atoms with Gasteiger partial charge in [-0.1, -0.05) is 35.9 Å². The normalized spacial score (nSPS) is 10.9. The molecule has 0 unspecified atom stereocenters. The van der Waals surface area contributed by atoms with Gasteiger partial charge in [0, 0.05) is 11.6 Å². The highest BCUT2D eigenvalue weighted by molar-refractivity contribution is 6.32. The SMILES string of the molecule is COc1ccccc1C(=O)NCc1nc2ccccc2n1CCCOc1cc(C)c(Cl)c(C)c1. The van der Waals surface area contributed by atoms with Gasteiger partial charge in [-0.3, -0.25) is 4.79 Å². The number of methoxy groups -OCH3 is 1. The van der Waals surface area contributed by atoms with Gasteiger partial charge in [0.05, 0.1) is 36.9 Å². The van der Waals surface area contributed by atoms with Crippen molar-refractivity contribution < 1.29 is 14.3 Å². The first kappa shape index (κ1) is 23.6. The number of ether oxygens (including phenoxy) is 2. The number of fused-ring (bicyclic) bond motifs is 1. The minimum atomic E-state index is -0.201. The fourth-order valence-electron chi connectivity index (χ4n) is 4.00. The van der Waals surface area contributed by atoms with Crippen LogP contribution in [-0.4, -0.2) is 29.2 Å². The predicted octanol–water partition coefficient (Wildman–Crippen LogP) is 5.71. The van der Waals surface area contributed by atoms with E-state index in [1.54, 1.807) is 19.2 Å². The van der Waals surface area contributed by atoms with Crippen molar-refractivity contribution in [3.05, 3.63) is 88.2 Å². The first-order chi connectivity index (χ1) is 16.5. The van der Waals surface area contributed by atoms with E-state index in [0.717, 1.165) is 45.2 Å². The molecular formula is C27H28ClN3O3. The Morgan fingerprint density at radius 2 is 1.76 bits per heavy atom. The van der Waals surface area contributed by atoms with E-state index in [1.165, 1.54) is 0 Å². The van der Waals surface area contributed by atoms with Crippen molar-refractivity contribution in [2.75, 3.05) is 13.7 Å². The average molecular weight is 478 g/mol. The molecule has 176 valence electrons. The summed E-state index contributed by atoms with van der Waals surface area (Å²) >= 11 is 6.26. The number of nitrogens with one attached hydrogen (secondary N) is 1. The first-order valence-corrected chi connectivity index (χ1v) is 11.6. The van der Waals surface area contributed by atoms with E-state index in [4.69, 9.17) is 26.1 Å². The van der Waals surface area contributed by atoms with Crippen molar-refractivity contribution in [1.82, 2.24) is 14.9 Å². The highest BCUT2D eigenvalue weighted by atomic mass is 35.5. The lowest BCUT2D eigenvalue weighted by molar-refractivity contribution is 0.0946. The van der Waals surface area contributed by atoms with Crippen LogP contribution < -0.4 is 14.8 Å². The number of para-hydroxylation sites is 3.